The summed E-state index contributed by atoms with van der Waals surface area (Å²) in [6.07, 6.45) is 1.11. The molecule has 3 nitrogen and oxygen atoms in total. The van der Waals surface area contributed by atoms with Crippen LogP contribution >= 0.6 is 11.6 Å². The Morgan fingerprint density at radius 3 is 2.92 bits per heavy atom. The van der Waals surface area contributed by atoms with E-state index in [1.54, 1.807) is 25.3 Å². The van der Waals surface area contributed by atoms with Gasteiger partial charge in [0.15, 0.2) is 6.10 Å². The molecular weight excluding hydrogens is 188 g/mol. The van der Waals surface area contributed by atoms with Gasteiger partial charge in [0, 0.05) is 0 Å². The molecule has 0 radical (unpaired) electrons. The van der Waals surface area contributed by atoms with Gasteiger partial charge >= 0.3 is 0 Å². The molecule has 0 N–H and O–H groups in total. The zero-order valence-corrected chi connectivity index (χ0v) is 7.95. The van der Waals surface area contributed by atoms with E-state index in [9.17, 15) is 0 Å². The molecule has 0 aliphatic heterocycles. The van der Waals surface area contributed by atoms with Gasteiger partial charge in [-0.3, -0.25) is 4.98 Å². The van der Waals surface area contributed by atoms with E-state index in [2.05, 4.69) is 4.98 Å². The highest BCUT2D eigenvalue weighted by molar-refractivity contribution is 6.16. The van der Waals surface area contributed by atoms with Gasteiger partial charge in [-0.1, -0.05) is 0 Å². The van der Waals surface area contributed by atoms with Crippen LogP contribution < -0.4 is 4.74 Å². The SMILES string of the molecule is CC(C#N)Oc1ccc(CCl)nc1. The minimum atomic E-state index is -0.455. The smallest absolute Gasteiger partial charge is 0.181 e. The number of aromatic nitrogens is 1. The average molecular weight is 197 g/mol. The summed E-state index contributed by atoms with van der Waals surface area (Å²) in [4.78, 5) is 4.02. The van der Waals surface area contributed by atoms with Crippen molar-refractivity contribution in [3.05, 3.63) is 24.0 Å². The molecule has 1 aromatic rings. The molecule has 1 heterocycles. The molecule has 68 valence electrons. The maximum absolute atomic E-state index is 8.48. The molecule has 0 amide bonds. The Balaban J connectivity index is 2.65. The summed E-state index contributed by atoms with van der Waals surface area (Å²) in [5.74, 6) is 0.969. The van der Waals surface area contributed by atoms with Crippen LogP contribution in [0.1, 0.15) is 12.6 Å². The molecule has 0 fully saturated rings. The number of pyridine rings is 1. The fourth-order valence-electron chi connectivity index (χ4n) is 0.790. The number of hydrogen-bond donors (Lipinski definition) is 0. The van der Waals surface area contributed by atoms with Crippen molar-refractivity contribution in [3.63, 3.8) is 0 Å². The molecule has 4 heteroatoms. The van der Waals surface area contributed by atoms with E-state index in [0.29, 0.717) is 11.6 Å². The number of alkyl halides is 1. The first-order valence-corrected chi connectivity index (χ1v) is 4.37. The van der Waals surface area contributed by atoms with Gasteiger partial charge in [-0.2, -0.15) is 5.26 Å². The third kappa shape index (κ3) is 2.92. The minimum Gasteiger partial charge on any atom is -0.474 e. The van der Waals surface area contributed by atoms with Crippen LogP contribution in [0.25, 0.3) is 0 Å². The first kappa shape index (κ1) is 9.82. The molecule has 0 aromatic carbocycles. The quantitative estimate of drug-likeness (QED) is 0.696. The van der Waals surface area contributed by atoms with Crippen molar-refractivity contribution < 1.29 is 4.74 Å². The summed E-state index contributed by atoms with van der Waals surface area (Å²) in [5, 5.41) is 8.48. The van der Waals surface area contributed by atoms with Gasteiger partial charge in [0.1, 0.15) is 11.8 Å². The Labute approximate surface area is 81.9 Å². The fourth-order valence-corrected chi connectivity index (χ4v) is 0.948. The maximum Gasteiger partial charge on any atom is 0.181 e. The summed E-state index contributed by atoms with van der Waals surface area (Å²) < 4.78 is 5.20. The Morgan fingerprint density at radius 1 is 1.69 bits per heavy atom. The van der Waals surface area contributed by atoms with E-state index in [-0.39, 0.29) is 0 Å². The monoisotopic (exact) mass is 196 g/mol. The average Bonchev–Trinajstić information content (AvgIpc) is 2.19. The molecule has 0 bridgehead atoms. The van der Waals surface area contributed by atoms with E-state index in [1.165, 1.54) is 0 Å². The minimum absolute atomic E-state index is 0.383. The van der Waals surface area contributed by atoms with Crippen LogP contribution in [0.2, 0.25) is 0 Å². The van der Waals surface area contributed by atoms with Crippen molar-refractivity contribution in [2.45, 2.75) is 18.9 Å². The van der Waals surface area contributed by atoms with Crippen LogP contribution in [-0.4, -0.2) is 11.1 Å². The van der Waals surface area contributed by atoms with Crippen LogP contribution in [0.3, 0.4) is 0 Å². The maximum atomic E-state index is 8.48. The molecule has 1 aromatic heterocycles. The molecule has 13 heavy (non-hydrogen) atoms. The molecular formula is C9H9ClN2O. The number of ether oxygens (including phenoxy) is 1. The number of hydrogen-bond acceptors (Lipinski definition) is 3. The lowest BCUT2D eigenvalue weighted by Crippen LogP contribution is -2.08. The van der Waals surface area contributed by atoms with Gasteiger partial charge in [-0.05, 0) is 19.1 Å². The third-order valence-corrected chi connectivity index (χ3v) is 1.70. The van der Waals surface area contributed by atoms with Crippen molar-refractivity contribution >= 4 is 11.6 Å². The second-order valence-electron chi connectivity index (χ2n) is 2.51. The molecule has 0 saturated heterocycles. The fraction of sp³-hybridized carbons (Fsp3) is 0.333. The van der Waals surface area contributed by atoms with E-state index in [4.69, 9.17) is 21.6 Å². The van der Waals surface area contributed by atoms with Crippen LogP contribution in [0.4, 0.5) is 0 Å². The largest absolute Gasteiger partial charge is 0.474 e. The Hall–Kier alpha value is -1.27. The van der Waals surface area contributed by atoms with Crippen LogP contribution in [0.5, 0.6) is 5.75 Å². The predicted octanol–water partition coefficient (Wildman–Crippen LogP) is 2.11. The first-order valence-electron chi connectivity index (χ1n) is 3.83. The predicted molar refractivity (Wildman–Crippen MR) is 49.5 cm³/mol. The highest BCUT2D eigenvalue weighted by Crippen LogP contribution is 2.11. The Morgan fingerprint density at radius 2 is 2.46 bits per heavy atom. The van der Waals surface area contributed by atoms with Crippen molar-refractivity contribution in [1.29, 1.82) is 5.26 Å². The van der Waals surface area contributed by atoms with Crippen LogP contribution in [0.15, 0.2) is 18.3 Å². The van der Waals surface area contributed by atoms with Crippen LogP contribution in [-0.2, 0) is 5.88 Å². The summed E-state index contributed by atoms with van der Waals surface area (Å²) >= 11 is 5.56. The molecule has 0 saturated carbocycles. The molecule has 0 aliphatic rings. The number of halogens is 1. The standard InChI is InChI=1S/C9H9ClN2O/c1-7(5-11)13-9-3-2-8(4-10)12-6-9/h2-3,6-7H,4H2,1H3. The van der Waals surface area contributed by atoms with Gasteiger partial charge in [0.25, 0.3) is 0 Å². The van der Waals surface area contributed by atoms with Crippen LogP contribution in [0, 0.1) is 11.3 Å². The number of rotatable bonds is 3. The first-order chi connectivity index (χ1) is 6.26. The van der Waals surface area contributed by atoms with E-state index >= 15 is 0 Å². The lowest BCUT2D eigenvalue weighted by Gasteiger charge is -2.06. The zero-order chi connectivity index (χ0) is 9.68. The van der Waals surface area contributed by atoms with Gasteiger partial charge in [0.2, 0.25) is 0 Å². The Kier molecular flexibility index (Phi) is 3.53. The number of nitriles is 1. The lowest BCUT2D eigenvalue weighted by molar-refractivity contribution is 0.275. The van der Waals surface area contributed by atoms with Gasteiger partial charge in [-0.15, -0.1) is 11.6 Å². The van der Waals surface area contributed by atoms with Crippen molar-refractivity contribution in [2.75, 3.05) is 0 Å². The van der Waals surface area contributed by atoms with Crippen molar-refractivity contribution in [2.24, 2.45) is 0 Å². The van der Waals surface area contributed by atoms with E-state index < -0.39 is 6.10 Å². The summed E-state index contributed by atoms with van der Waals surface area (Å²) in [6, 6.07) is 5.48. The normalized spacial score (nSPS) is 11.8. The molecule has 1 rings (SSSR count). The molecule has 0 aliphatic carbocycles. The third-order valence-electron chi connectivity index (χ3n) is 1.43. The van der Waals surface area contributed by atoms with Crippen molar-refractivity contribution in [3.8, 4) is 11.8 Å². The summed E-state index contributed by atoms with van der Waals surface area (Å²) in [6.45, 7) is 1.68. The molecule has 0 spiro atoms. The topological polar surface area (TPSA) is 45.9 Å². The van der Waals surface area contributed by atoms with Gasteiger partial charge < -0.3 is 4.74 Å². The molecule has 1 unspecified atom stereocenters. The lowest BCUT2D eigenvalue weighted by atomic mass is 10.3. The summed E-state index contributed by atoms with van der Waals surface area (Å²) in [5.41, 5.74) is 0.790. The second kappa shape index (κ2) is 4.68. The second-order valence-corrected chi connectivity index (χ2v) is 2.78. The van der Waals surface area contributed by atoms with Crippen molar-refractivity contribution in [1.82, 2.24) is 4.98 Å². The highest BCUT2D eigenvalue weighted by atomic mass is 35.5. The van der Waals surface area contributed by atoms with E-state index in [1.807, 2.05) is 6.07 Å². The van der Waals surface area contributed by atoms with E-state index in [0.717, 1.165) is 5.69 Å². The van der Waals surface area contributed by atoms with Gasteiger partial charge in [0.05, 0.1) is 17.8 Å². The van der Waals surface area contributed by atoms with Gasteiger partial charge in [-0.25, -0.2) is 0 Å². The summed E-state index contributed by atoms with van der Waals surface area (Å²) in [7, 11) is 0. The number of nitrogens with zero attached hydrogens (tertiary/aromatic N) is 2. The highest BCUT2D eigenvalue weighted by Gasteiger charge is 2.01. The Bertz CT molecular complexity index is 304. The zero-order valence-electron chi connectivity index (χ0n) is 7.20. The molecule has 1 atom stereocenters.